The number of benzene rings is 1. The molecule has 1 aromatic rings. The lowest BCUT2D eigenvalue weighted by molar-refractivity contribution is 0.124. The molecule has 2 heteroatoms. The fourth-order valence-corrected chi connectivity index (χ4v) is 4.22. The molecule has 2 aliphatic rings. The van der Waals surface area contributed by atoms with Crippen molar-refractivity contribution in [3.05, 3.63) is 29.8 Å². The van der Waals surface area contributed by atoms with Crippen molar-refractivity contribution < 1.29 is 9.84 Å². The van der Waals surface area contributed by atoms with E-state index >= 15 is 0 Å². The van der Waals surface area contributed by atoms with Gasteiger partial charge in [-0.25, -0.2) is 0 Å². The summed E-state index contributed by atoms with van der Waals surface area (Å²) in [6.07, 6.45) is 7.08. The summed E-state index contributed by atoms with van der Waals surface area (Å²) in [7, 11) is 1.70. The molecule has 0 radical (unpaired) electrons. The number of methoxy groups -OCH3 is 1. The van der Waals surface area contributed by atoms with Crippen LogP contribution in [0, 0.1) is 17.8 Å². The van der Waals surface area contributed by atoms with Gasteiger partial charge in [0.25, 0.3) is 0 Å². The maximum atomic E-state index is 10.4. The van der Waals surface area contributed by atoms with E-state index in [0.29, 0.717) is 0 Å². The molecule has 0 aliphatic heterocycles. The van der Waals surface area contributed by atoms with Crippen LogP contribution < -0.4 is 4.74 Å². The van der Waals surface area contributed by atoms with Gasteiger partial charge < -0.3 is 9.84 Å². The van der Waals surface area contributed by atoms with Crippen LogP contribution in [0.15, 0.2) is 24.3 Å². The summed E-state index contributed by atoms with van der Waals surface area (Å²) in [6.45, 7) is 0. The van der Waals surface area contributed by atoms with E-state index in [1.54, 1.807) is 7.11 Å². The van der Waals surface area contributed by atoms with Crippen LogP contribution in [-0.2, 0) is 6.42 Å². The number of ether oxygens (including phenoxy) is 1. The van der Waals surface area contributed by atoms with Crippen molar-refractivity contribution in [1.82, 2.24) is 0 Å². The summed E-state index contributed by atoms with van der Waals surface area (Å²) < 4.78 is 5.35. The molecule has 4 atom stereocenters. The number of hydrogen-bond donors (Lipinski definition) is 1. The monoisotopic (exact) mass is 260 g/mol. The quantitative estimate of drug-likeness (QED) is 0.879. The van der Waals surface area contributed by atoms with Crippen LogP contribution in [0.2, 0.25) is 0 Å². The second kappa shape index (κ2) is 5.54. The lowest BCUT2D eigenvalue weighted by Gasteiger charge is -2.24. The van der Waals surface area contributed by atoms with Gasteiger partial charge in [-0.05, 0) is 55.1 Å². The predicted octanol–water partition coefficient (Wildman–Crippen LogP) is 3.42. The van der Waals surface area contributed by atoms with Crippen LogP contribution >= 0.6 is 0 Å². The van der Waals surface area contributed by atoms with E-state index in [4.69, 9.17) is 4.74 Å². The number of aliphatic hydroxyl groups excluding tert-OH is 1. The second-order valence-electron chi connectivity index (χ2n) is 6.34. The Morgan fingerprint density at radius 1 is 1.26 bits per heavy atom. The molecule has 0 heterocycles. The highest BCUT2D eigenvalue weighted by molar-refractivity contribution is 5.33. The van der Waals surface area contributed by atoms with Gasteiger partial charge in [0, 0.05) is 6.42 Å². The molecule has 3 rings (SSSR count). The van der Waals surface area contributed by atoms with Crippen molar-refractivity contribution in [3.8, 4) is 5.75 Å². The van der Waals surface area contributed by atoms with E-state index in [1.807, 2.05) is 18.2 Å². The van der Waals surface area contributed by atoms with E-state index in [2.05, 4.69) is 6.07 Å². The van der Waals surface area contributed by atoms with E-state index in [0.717, 1.165) is 41.9 Å². The molecule has 2 nitrogen and oxygen atoms in total. The predicted molar refractivity (Wildman–Crippen MR) is 76.3 cm³/mol. The molecule has 0 amide bonds. The zero-order valence-corrected chi connectivity index (χ0v) is 11.7. The van der Waals surface area contributed by atoms with Crippen LogP contribution in [-0.4, -0.2) is 18.3 Å². The first-order valence-electron chi connectivity index (χ1n) is 7.56. The number of fused-ring (bicyclic) bond motifs is 2. The molecular weight excluding hydrogens is 236 g/mol. The van der Waals surface area contributed by atoms with Gasteiger partial charge in [0.05, 0.1) is 13.2 Å². The van der Waals surface area contributed by atoms with E-state index in [-0.39, 0.29) is 6.10 Å². The topological polar surface area (TPSA) is 29.5 Å². The van der Waals surface area contributed by atoms with Gasteiger partial charge in [0.15, 0.2) is 0 Å². The molecule has 2 bridgehead atoms. The third kappa shape index (κ3) is 2.79. The number of hydrogen-bond acceptors (Lipinski definition) is 2. The lowest BCUT2D eigenvalue weighted by atomic mass is 9.84. The Morgan fingerprint density at radius 2 is 2.11 bits per heavy atom. The van der Waals surface area contributed by atoms with Crippen molar-refractivity contribution in [3.63, 3.8) is 0 Å². The Labute approximate surface area is 115 Å². The molecule has 2 saturated carbocycles. The minimum Gasteiger partial charge on any atom is -0.496 e. The zero-order chi connectivity index (χ0) is 13.2. The van der Waals surface area contributed by atoms with Gasteiger partial charge in [0.1, 0.15) is 5.75 Å². The van der Waals surface area contributed by atoms with Gasteiger partial charge in [-0.3, -0.25) is 0 Å². The molecule has 0 spiro atoms. The SMILES string of the molecule is COc1ccccc1CC(O)CC1CC2CCC1C2. The van der Waals surface area contributed by atoms with Gasteiger partial charge in [-0.15, -0.1) is 0 Å². The van der Waals surface area contributed by atoms with Crippen molar-refractivity contribution in [1.29, 1.82) is 0 Å². The largest absolute Gasteiger partial charge is 0.496 e. The molecule has 4 unspecified atom stereocenters. The van der Waals surface area contributed by atoms with Crippen LogP contribution in [0.25, 0.3) is 0 Å². The number of rotatable bonds is 5. The van der Waals surface area contributed by atoms with Gasteiger partial charge in [0.2, 0.25) is 0 Å². The first-order valence-corrected chi connectivity index (χ1v) is 7.56. The summed E-state index contributed by atoms with van der Waals surface area (Å²) in [5, 5.41) is 10.4. The Bertz CT molecular complexity index is 429. The van der Waals surface area contributed by atoms with E-state index < -0.39 is 0 Å². The molecule has 1 N–H and O–H groups in total. The Balaban J connectivity index is 1.57. The molecule has 2 aliphatic carbocycles. The highest BCUT2D eigenvalue weighted by Crippen LogP contribution is 2.50. The average Bonchev–Trinajstić information content (AvgIpc) is 3.01. The maximum absolute atomic E-state index is 10.4. The van der Waals surface area contributed by atoms with Gasteiger partial charge in [-0.1, -0.05) is 24.6 Å². The molecule has 0 aromatic heterocycles. The van der Waals surface area contributed by atoms with Crippen LogP contribution in [0.1, 0.15) is 37.7 Å². The first kappa shape index (κ1) is 13.0. The fraction of sp³-hybridized carbons (Fsp3) is 0.647. The summed E-state index contributed by atoms with van der Waals surface area (Å²) in [5.41, 5.74) is 1.13. The number of aliphatic hydroxyl groups is 1. The summed E-state index contributed by atoms with van der Waals surface area (Å²) in [4.78, 5) is 0. The third-order valence-corrected chi connectivity index (χ3v) is 5.11. The van der Waals surface area contributed by atoms with E-state index in [1.165, 1.54) is 25.7 Å². The molecular formula is C17H24O2. The molecule has 19 heavy (non-hydrogen) atoms. The molecule has 2 fully saturated rings. The molecule has 1 aromatic carbocycles. The summed E-state index contributed by atoms with van der Waals surface area (Å²) in [6, 6.07) is 8.02. The summed E-state index contributed by atoms with van der Waals surface area (Å²) in [5.74, 6) is 3.53. The standard InChI is InChI=1S/C17H24O2/c1-19-17-5-3-2-4-14(17)10-16(18)11-15-9-12-6-7-13(15)8-12/h2-5,12-13,15-16,18H,6-11H2,1H3. The van der Waals surface area contributed by atoms with Crippen molar-refractivity contribution in [2.75, 3.05) is 7.11 Å². The van der Waals surface area contributed by atoms with Crippen molar-refractivity contribution in [2.45, 2.75) is 44.6 Å². The first-order chi connectivity index (χ1) is 9.26. The van der Waals surface area contributed by atoms with Gasteiger partial charge in [-0.2, -0.15) is 0 Å². The minimum atomic E-state index is -0.222. The average molecular weight is 260 g/mol. The highest BCUT2D eigenvalue weighted by Gasteiger charge is 2.39. The Morgan fingerprint density at radius 3 is 2.79 bits per heavy atom. The van der Waals surface area contributed by atoms with Crippen molar-refractivity contribution in [2.24, 2.45) is 17.8 Å². The smallest absolute Gasteiger partial charge is 0.122 e. The fourth-order valence-electron chi connectivity index (χ4n) is 4.22. The highest BCUT2D eigenvalue weighted by atomic mass is 16.5. The zero-order valence-electron chi connectivity index (χ0n) is 11.7. The molecule has 104 valence electrons. The van der Waals surface area contributed by atoms with E-state index in [9.17, 15) is 5.11 Å². The van der Waals surface area contributed by atoms with Crippen LogP contribution in [0.3, 0.4) is 0 Å². The normalized spacial score (nSPS) is 30.5. The minimum absolute atomic E-state index is 0.222. The lowest BCUT2D eigenvalue weighted by Crippen LogP contribution is -2.20. The van der Waals surface area contributed by atoms with Gasteiger partial charge >= 0.3 is 0 Å². The Kier molecular flexibility index (Phi) is 3.79. The maximum Gasteiger partial charge on any atom is 0.122 e. The molecule has 0 saturated heterocycles. The second-order valence-corrected chi connectivity index (χ2v) is 6.34. The van der Waals surface area contributed by atoms with Crippen LogP contribution in [0.5, 0.6) is 5.75 Å². The number of para-hydroxylation sites is 1. The Hall–Kier alpha value is -1.02. The van der Waals surface area contributed by atoms with Crippen LogP contribution in [0.4, 0.5) is 0 Å². The summed E-state index contributed by atoms with van der Waals surface area (Å²) >= 11 is 0. The third-order valence-electron chi connectivity index (χ3n) is 5.11. The van der Waals surface area contributed by atoms with Crippen molar-refractivity contribution >= 4 is 0 Å².